The number of hydrogen-bond donors (Lipinski definition) is 2. The van der Waals surface area contributed by atoms with Gasteiger partial charge in [0.15, 0.2) is 5.76 Å². The number of hydrogen-bond acceptors (Lipinski definition) is 3. The molecule has 2 aliphatic rings. The number of aromatic carboxylic acids is 1. The fraction of sp³-hybridized carbons (Fsp3) is 0.538. The summed E-state index contributed by atoms with van der Waals surface area (Å²) in [5.74, 6) is -0.563. The second kappa shape index (κ2) is 3.86. The van der Waals surface area contributed by atoms with E-state index in [1.54, 1.807) is 0 Å². The maximum atomic E-state index is 11.8. The molecular weight excluding hydrogens is 234 g/mol. The molecule has 18 heavy (non-hydrogen) atoms. The zero-order valence-electron chi connectivity index (χ0n) is 9.94. The van der Waals surface area contributed by atoms with Gasteiger partial charge in [-0.3, -0.25) is 4.79 Å². The van der Waals surface area contributed by atoms with Crippen molar-refractivity contribution in [3.05, 3.63) is 23.7 Å². The van der Waals surface area contributed by atoms with E-state index in [9.17, 15) is 9.59 Å². The molecule has 0 atom stereocenters. The van der Waals surface area contributed by atoms with Crippen LogP contribution in [0.4, 0.5) is 0 Å². The summed E-state index contributed by atoms with van der Waals surface area (Å²) in [6, 6.07) is 1.26. The minimum Gasteiger partial charge on any atom is -0.478 e. The fourth-order valence-electron chi connectivity index (χ4n) is 2.50. The van der Waals surface area contributed by atoms with Crippen LogP contribution >= 0.6 is 0 Å². The third kappa shape index (κ3) is 2.00. The molecule has 3 rings (SSSR count). The summed E-state index contributed by atoms with van der Waals surface area (Å²) >= 11 is 0. The van der Waals surface area contributed by atoms with Crippen LogP contribution in [0, 0.1) is 11.3 Å². The van der Waals surface area contributed by atoms with E-state index in [-0.39, 0.29) is 17.2 Å². The van der Waals surface area contributed by atoms with Gasteiger partial charge in [0.2, 0.25) is 0 Å². The lowest BCUT2D eigenvalue weighted by Crippen LogP contribution is -2.30. The summed E-state index contributed by atoms with van der Waals surface area (Å²) in [6.45, 7) is 0.680. The van der Waals surface area contributed by atoms with Gasteiger partial charge >= 0.3 is 5.97 Å². The number of rotatable bonds is 5. The summed E-state index contributed by atoms with van der Waals surface area (Å²) in [5.41, 5.74) is 0.334. The highest BCUT2D eigenvalue weighted by Crippen LogP contribution is 2.60. The minimum atomic E-state index is -1.09. The van der Waals surface area contributed by atoms with E-state index in [1.807, 2.05) is 0 Å². The molecule has 2 aliphatic carbocycles. The molecule has 1 aromatic heterocycles. The van der Waals surface area contributed by atoms with Crippen LogP contribution < -0.4 is 5.32 Å². The van der Waals surface area contributed by atoms with E-state index in [4.69, 9.17) is 9.52 Å². The van der Waals surface area contributed by atoms with Gasteiger partial charge in [-0.1, -0.05) is 0 Å². The molecule has 0 spiro atoms. The first-order valence-corrected chi connectivity index (χ1v) is 6.21. The van der Waals surface area contributed by atoms with Crippen molar-refractivity contribution in [2.45, 2.75) is 25.7 Å². The highest BCUT2D eigenvalue weighted by molar-refractivity contribution is 5.95. The molecule has 1 heterocycles. The molecule has 5 heteroatoms. The van der Waals surface area contributed by atoms with Crippen LogP contribution in [0.1, 0.15) is 46.6 Å². The number of amides is 1. The molecule has 1 amide bonds. The van der Waals surface area contributed by atoms with Gasteiger partial charge in [-0.25, -0.2) is 4.79 Å². The summed E-state index contributed by atoms with van der Waals surface area (Å²) in [7, 11) is 0. The standard InChI is InChI=1S/C13H15NO4/c15-11(10-5-8(6-18-10)12(16)17)14-7-13(3-4-13)9-1-2-9/h5-6,9H,1-4,7H2,(H,14,15)(H,16,17). The van der Waals surface area contributed by atoms with Gasteiger partial charge in [-0.05, 0) is 37.0 Å². The maximum absolute atomic E-state index is 11.8. The maximum Gasteiger partial charge on any atom is 0.338 e. The van der Waals surface area contributed by atoms with Crippen LogP contribution in [0.3, 0.4) is 0 Å². The van der Waals surface area contributed by atoms with Gasteiger partial charge in [0.05, 0.1) is 5.56 Å². The molecule has 2 fully saturated rings. The Labute approximate surface area is 104 Å². The summed E-state index contributed by atoms with van der Waals surface area (Å²) in [4.78, 5) is 22.5. The molecule has 0 bridgehead atoms. The summed E-state index contributed by atoms with van der Waals surface area (Å²) in [6.07, 6.45) is 6.03. The van der Waals surface area contributed by atoms with Gasteiger partial charge in [0.25, 0.3) is 5.91 Å². The molecule has 0 unspecified atom stereocenters. The van der Waals surface area contributed by atoms with E-state index in [0.717, 1.165) is 12.2 Å². The predicted molar refractivity (Wildman–Crippen MR) is 62.4 cm³/mol. The van der Waals surface area contributed by atoms with Crippen molar-refractivity contribution in [2.24, 2.45) is 11.3 Å². The third-order valence-corrected chi connectivity index (χ3v) is 4.01. The van der Waals surface area contributed by atoms with Crippen LogP contribution in [0.5, 0.6) is 0 Å². The number of carbonyl (C=O) groups excluding carboxylic acids is 1. The summed E-state index contributed by atoms with van der Waals surface area (Å²) in [5, 5.41) is 11.6. The molecule has 1 aromatic rings. The molecule has 0 radical (unpaired) electrons. The van der Waals surface area contributed by atoms with Crippen LogP contribution in [0.2, 0.25) is 0 Å². The first kappa shape index (κ1) is 11.3. The highest BCUT2D eigenvalue weighted by atomic mass is 16.4. The van der Waals surface area contributed by atoms with Crippen molar-refractivity contribution in [3.8, 4) is 0 Å². The predicted octanol–water partition coefficient (Wildman–Crippen LogP) is 1.90. The molecule has 2 N–H and O–H groups in total. The lowest BCUT2D eigenvalue weighted by Gasteiger charge is -2.13. The number of carbonyl (C=O) groups is 2. The Balaban J connectivity index is 1.59. The van der Waals surface area contributed by atoms with Crippen molar-refractivity contribution in [3.63, 3.8) is 0 Å². The van der Waals surface area contributed by atoms with Crippen molar-refractivity contribution in [2.75, 3.05) is 6.54 Å². The van der Waals surface area contributed by atoms with E-state index >= 15 is 0 Å². The smallest absolute Gasteiger partial charge is 0.338 e. The third-order valence-electron chi connectivity index (χ3n) is 4.01. The zero-order valence-corrected chi connectivity index (χ0v) is 9.94. The van der Waals surface area contributed by atoms with Crippen LogP contribution in [0.25, 0.3) is 0 Å². The monoisotopic (exact) mass is 249 g/mol. The highest BCUT2D eigenvalue weighted by Gasteiger charge is 2.53. The van der Waals surface area contributed by atoms with E-state index in [2.05, 4.69) is 5.32 Å². The van der Waals surface area contributed by atoms with Crippen molar-refractivity contribution >= 4 is 11.9 Å². The molecule has 0 aliphatic heterocycles. The Morgan fingerprint density at radius 1 is 1.44 bits per heavy atom. The van der Waals surface area contributed by atoms with Crippen molar-refractivity contribution in [1.82, 2.24) is 5.32 Å². The zero-order chi connectivity index (χ0) is 12.8. The Hall–Kier alpha value is -1.78. The Morgan fingerprint density at radius 3 is 2.67 bits per heavy atom. The quantitative estimate of drug-likeness (QED) is 0.835. The average molecular weight is 249 g/mol. The molecule has 0 saturated heterocycles. The van der Waals surface area contributed by atoms with E-state index in [0.29, 0.717) is 12.0 Å². The number of carboxylic acid groups (broad SMARTS) is 1. The first-order chi connectivity index (χ1) is 8.61. The van der Waals surface area contributed by atoms with E-state index in [1.165, 1.54) is 31.7 Å². The Kier molecular flexibility index (Phi) is 2.43. The lowest BCUT2D eigenvalue weighted by molar-refractivity contribution is 0.0696. The van der Waals surface area contributed by atoms with Crippen LogP contribution in [-0.2, 0) is 0 Å². The number of nitrogens with one attached hydrogen (secondary N) is 1. The molecule has 96 valence electrons. The van der Waals surface area contributed by atoms with Gasteiger partial charge in [0, 0.05) is 12.6 Å². The second-order valence-corrected chi connectivity index (χ2v) is 5.32. The molecule has 5 nitrogen and oxygen atoms in total. The van der Waals surface area contributed by atoms with Gasteiger partial charge < -0.3 is 14.8 Å². The molecule has 2 saturated carbocycles. The van der Waals surface area contributed by atoms with Gasteiger partial charge in [-0.2, -0.15) is 0 Å². The van der Waals surface area contributed by atoms with E-state index < -0.39 is 5.97 Å². The lowest BCUT2D eigenvalue weighted by atomic mass is 10.0. The van der Waals surface area contributed by atoms with Gasteiger partial charge in [0.1, 0.15) is 6.26 Å². The van der Waals surface area contributed by atoms with Crippen LogP contribution in [0.15, 0.2) is 16.7 Å². The number of furan rings is 1. The number of carboxylic acids is 1. The molecule has 0 aromatic carbocycles. The van der Waals surface area contributed by atoms with Crippen molar-refractivity contribution < 1.29 is 19.1 Å². The summed E-state index contributed by atoms with van der Waals surface area (Å²) < 4.78 is 4.96. The topological polar surface area (TPSA) is 79.5 Å². The largest absolute Gasteiger partial charge is 0.478 e. The van der Waals surface area contributed by atoms with Gasteiger partial charge in [-0.15, -0.1) is 0 Å². The van der Waals surface area contributed by atoms with Crippen molar-refractivity contribution in [1.29, 1.82) is 0 Å². The second-order valence-electron chi connectivity index (χ2n) is 5.32. The Morgan fingerprint density at radius 2 is 2.17 bits per heavy atom. The average Bonchev–Trinajstić information content (AvgIpc) is 3.23. The Bertz CT molecular complexity index is 497. The minimum absolute atomic E-state index is 0.00322. The van der Waals surface area contributed by atoms with Crippen LogP contribution in [-0.4, -0.2) is 23.5 Å². The SMILES string of the molecule is O=C(O)c1coc(C(=O)NCC2(C3CC3)CC2)c1. The fourth-order valence-corrected chi connectivity index (χ4v) is 2.50. The normalized spacial score (nSPS) is 20.4. The first-order valence-electron chi connectivity index (χ1n) is 6.21. The molecular formula is C13H15NO4.